The second-order valence-electron chi connectivity index (χ2n) is 4.62. The summed E-state index contributed by atoms with van der Waals surface area (Å²) >= 11 is 2.07. The van der Waals surface area contributed by atoms with E-state index in [9.17, 15) is 10.1 Å². The zero-order valence-electron chi connectivity index (χ0n) is 11.5. The third-order valence-corrected chi connectivity index (χ3v) is 4.05. The van der Waals surface area contributed by atoms with Gasteiger partial charge in [-0.05, 0) is 47.2 Å². The van der Waals surface area contributed by atoms with E-state index in [4.69, 9.17) is 4.74 Å². The van der Waals surface area contributed by atoms with Crippen molar-refractivity contribution in [3.8, 4) is 11.6 Å². The summed E-state index contributed by atoms with van der Waals surface area (Å²) in [7, 11) is 0. The maximum Gasteiger partial charge on any atom is 0.273 e. The predicted octanol–water partition coefficient (Wildman–Crippen LogP) is 4.24. The van der Waals surface area contributed by atoms with Crippen molar-refractivity contribution in [3.63, 3.8) is 0 Å². The second kappa shape index (κ2) is 5.84. The first-order valence-corrected chi connectivity index (χ1v) is 7.46. The molecule has 0 saturated carbocycles. The van der Waals surface area contributed by atoms with Crippen molar-refractivity contribution in [2.24, 2.45) is 0 Å². The number of benzene rings is 2. The molecule has 0 radical (unpaired) electrons. The maximum atomic E-state index is 10.9. The average Bonchev–Trinajstić information content (AvgIpc) is 2.50. The molecular weight excluding hydrogens is 397 g/mol. The fourth-order valence-corrected chi connectivity index (χ4v) is 2.53. The van der Waals surface area contributed by atoms with Crippen LogP contribution in [0.5, 0.6) is 11.6 Å². The molecule has 6 nitrogen and oxygen atoms in total. The van der Waals surface area contributed by atoms with E-state index in [1.807, 2.05) is 25.1 Å². The Kier molecular flexibility index (Phi) is 3.88. The van der Waals surface area contributed by atoms with Gasteiger partial charge < -0.3 is 4.74 Å². The predicted molar refractivity (Wildman–Crippen MR) is 90.2 cm³/mol. The lowest BCUT2D eigenvalue weighted by Crippen LogP contribution is -1.95. The van der Waals surface area contributed by atoms with E-state index in [2.05, 4.69) is 32.6 Å². The molecule has 0 unspecified atom stereocenters. The van der Waals surface area contributed by atoms with Crippen molar-refractivity contribution in [2.45, 2.75) is 6.92 Å². The fraction of sp³-hybridized carbons (Fsp3) is 0.0667. The van der Waals surface area contributed by atoms with Crippen molar-refractivity contribution in [2.75, 3.05) is 0 Å². The summed E-state index contributed by atoms with van der Waals surface area (Å²) in [6.07, 6.45) is 1.43. The molecule has 0 amide bonds. The molecular formula is C15H10IN3O3. The average molecular weight is 407 g/mol. The highest BCUT2D eigenvalue weighted by Crippen LogP contribution is 2.32. The Balaban J connectivity index is 2.09. The Morgan fingerprint density at radius 3 is 2.82 bits per heavy atom. The first kappa shape index (κ1) is 14.6. The van der Waals surface area contributed by atoms with Gasteiger partial charge in [0.1, 0.15) is 12.1 Å². The van der Waals surface area contributed by atoms with Crippen LogP contribution < -0.4 is 4.74 Å². The standard InChI is InChI=1S/C15H10IN3O3/c1-9-3-2-4-11-14(9)17-8-18-15(11)22-13-7-10(19(20)21)5-6-12(13)16/h2-8H,1H3. The zero-order valence-corrected chi connectivity index (χ0v) is 13.6. The Morgan fingerprint density at radius 2 is 2.05 bits per heavy atom. The third kappa shape index (κ3) is 2.71. The van der Waals surface area contributed by atoms with Gasteiger partial charge in [0, 0.05) is 6.07 Å². The summed E-state index contributed by atoms with van der Waals surface area (Å²) in [4.78, 5) is 18.8. The van der Waals surface area contributed by atoms with Gasteiger partial charge in [0.05, 0.1) is 25.5 Å². The van der Waals surface area contributed by atoms with E-state index < -0.39 is 4.92 Å². The van der Waals surface area contributed by atoms with E-state index in [1.165, 1.54) is 18.5 Å². The SMILES string of the molecule is Cc1cccc2c(Oc3cc([N+](=O)[O-])ccc3I)ncnc12. The largest absolute Gasteiger partial charge is 0.437 e. The van der Waals surface area contributed by atoms with E-state index in [1.54, 1.807) is 6.07 Å². The molecule has 110 valence electrons. The van der Waals surface area contributed by atoms with Gasteiger partial charge in [0.2, 0.25) is 5.88 Å². The molecule has 0 aliphatic heterocycles. The maximum absolute atomic E-state index is 10.9. The van der Waals surface area contributed by atoms with Gasteiger partial charge in [-0.3, -0.25) is 10.1 Å². The first-order valence-electron chi connectivity index (χ1n) is 6.38. The highest BCUT2D eigenvalue weighted by molar-refractivity contribution is 14.1. The summed E-state index contributed by atoms with van der Waals surface area (Å²) < 4.78 is 6.57. The number of nitrogens with zero attached hydrogens (tertiary/aromatic N) is 3. The minimum absolute atomic E-state index is 0.0232. The number of fused-ring (bicyclic) bond motifs is 1. The lowest BCUT2D eigenvalue weighted by atomic mass is 10.1. The van der Waals surface area contributed by atoms with Crippen LogP contribution in [0.15, 0.2) is 42.7 Å². The summed E-state index contributed by atoms with van der Waals surface area (Å²) in [6, 6.07) is 10.2. The number of aryl methyl sites for hydroxylation is 1. The molecule has 0 N–H and O–H groups in total. The molecule has 3 rings (SSSR count). The van der Waals surface area contributed by atoms with E-state index in [0.29, 0.717) is 11.6 Å². The van der Waals surface area contributed by atoms with Gasteiger partial charge in [-0.25, -0.2) is 9.97 Å². The number of para-hydroxylation sites is 1. The third-order valence-electron chi connectivity index (χ3n) is 3.16. The second-order valence-corrected chi connectivity index (χ2v) is 5.79. The lowest BCUT2D eigenvalue weighted by Gasteiger charge is -2.09. The van der Waals surface area contributed by atoms with Crippen LogP contribution in [0, 0.1) is 20.6 Å². The van der Waals surface area contributed by atoms with Gasteiger partial charge >= 0.3 is 0 Å². The number of hydrogen-bond acceptors (Lipinski definition) is 5. The number of nitro benzene ring substituents is 1. The van der Waals surface area contributed by atoms with Crippen LogP contribution in [-0.2, 0) is 0 Å². The fourth-order valence-electron chi connectivity index (χ4n) is 2.08. The molecule has 0 aliphatic carbocycles. The molecule has 0 bridgehead atoms. The minimum atomic E-state index is -0.453. The Labute approximate surface area is 139 Å². The van der Waals surface area contributed by atoms with Crippen LogP contribution in [0.1, 0.15) is 5.56 Å². The normalized spacial score (nSPS) is 10.6. The molecule has 0 fully saturated rings. The Bertz CT molecular complexity index is 883. The van der Waals surface area contributed by atoms with Crippen LogP contribution in [0.2, 0.25) is 0 Å². The molecule has 1 heterocycles. The molecule has 0 atom stereocenters. The lowest BCUT2D eigenvalue weighted by molar-refractivity contribution is -0.384. The molecule has 22 heavy (non-hydrogen) atoms. The van der Waals surface area contributed by atoms with Crippen molar-refractivity contribution in [3.05, 3.63) is 62.0 Å². The highest BCUT2D eigenvalue weighted by Gasteiger charge is 2.14. The van der Waals surface area contributed by atoms with Crippen LogP contribution in [0.4, 0.5) is 5.69 Å². The quantitative estimate of drug-likeness (QED) is 0.369. The molecule has 3 aromatic rings. The first-order chi connectivity index (χ1) is 10.6. The van der Waals surface area contributed by atoms with Crippen molar-refractivity contribution >= 4 is 39.2 Å². The van der Waals surface area contributed by atoms with Crippen molar-refractivity contribution < 1.29 is 9.66 Å². The summed E-state index contributed by atoms with van der Waals surface area (Å²) in [6.45, 7) is 1.95. The number of rotatable bonds is 3. The number of ether oxygens (including phenoxy) is 1. The number of halogens is 1. The molecule has 2 aromatic carbocycles. The molecule has 7 heteroatoms. The number of nitro groups is 1. The molecule has 0 aliphatic rings. The van der Waals surface area contributed by atoms with E-state index in [0.717, 1.165) is 20.0 Å². The van der Waals surface area contributed by atoms with Crippen LogP contribution >= 0.6 is 22.6 Å². The smallest absolute Gasteiger partial charge is 0.273 e. The Hall–Kier alpha value is -2.29. The highest BCUT2D eigenvalue weighted by atomic mass is 127. The van der Waals surface area contributed by atoms with Gasteiger partial charge in [0.15, 0.2) is 0 Å². The van der Waals surface area contributed by atoms with Crippen LogP contribution in [0.25, 0.3) is 10.9 Å². The van der Waals surface area contributed by atoms with Crippen LogP contribution in [0.3, 0.4) is 0 Å². The van der Waals surface area contributed by atoms with E-state index in [-0.39, 0.29) is 5.69 Å². The summed E-state index contributed by atoms with van der Waals surface area (Å²) in [5.74, 6) is 0.781. The minimum Gasteiger partial charge on any atom is -0.437 e. The molecule has 1 aromatic heterocycles. The number of non-ortho nitro benzene ring substituents is 1. The molecule has 0 saturated heterocycles. The molecule has 0 spiro atoms. The van der Waals surface area contributed by atoms with Crippen LogP contribution in [-0.4, -0.2) is 14.9 Å². The van der Waals surface area contributed by atoms with E-state index >= 15 is 0 Å². The zero-order chi connectivity index (χ0) is 15.7. The van der Waals surface area contributed by atoms with Crippen molar-refractivity contribution in [1.82, 2.24) is 9.97 Å². The number of hydrogen-bond donors (Lipinski definition) is 0. The van der Waals surface area contributed by atoms with Crippen molar-refractivity contribution in [1.29, 1.82) is 0 Å². The number of aromatic nitrogens is 2. The topological polar surface area (TPSA) is 78.2 Å². The van der Waals surface area contributed by atoms with Gasteiger partial charge in [0.25, 0.3) is 5.69 Å². The van der Waals surface area contributed by atoms with Gasteiger partial charge in [-0.15, -0.1) is 0 Å². The van der Waals surface area contributed by atoms with Gasteiger partial charge in [-0.2, -0.15) is 0 Å². The summed E-state index contributed by atoms with van der Waals surface area (Å²) in [5, 5.41) is 11.7. The Morgan fingerprint density at radius 1 is 1.23 bits per heavy atom. The monoisotopic (exact) mass is 407 g/mol. The van der Waals surface area contributed by atoms with Gasteiger partial charge in [-0.1, -0.05) is 12.1 Å². The summed E-state index contributed by atoms with van der Waals surface area (Å²) in [5.41, 5.74) is 1.79.